The number of hydrogen-bond donors (Lipinski definition) is 8. The van der Waals surface area contributed by atoms with Gasteiger partial charge in [0.2, 0.25) is 0 Å². The minimum Gasteiger partial charge on any atom is -0.367 e. The van der Waals surface area contributed by atoms with Gasteiger partial charge in [0.05, 0.1) is 24.2 Å². The smallest absolute Gasteiger partial charge is 0.167 e. The van der Waals surface area contributed by atoms with Gasteiger partial charge in [-0.2, -0.15) is 0 Å². The summed E-state index contributed by atoms with van der Waals surface area (Å²) in [6.07, 6.45) is 1.15. The van der Waals surface area contributed by atoms with Gasteiger partial charge in [0.1, 0.15) is 0 Å². The molecule has 4 aliphatic heterocycles. The molecule has 18 heteroatoms. The van der Waals surface area contributed by atoms with Crippen LogP contribution in [0.1, 0.15) is 97.8 Å². The van der Waals surface area contributed by atoms with Crippen molar-refractivity contribution in [3.8, 4) is 0 Å². The Bertz CT molecular complexity index is 1170. The molecule has 8 N–H and O–H groups in total. The molecule has 2 aromatic carbocycles. The summed E-state index contributed by atoms with van der Waals surface area (Å²) in [6.45, 7) is 0. The first-order chi connectivity index (χ1) is 22.8. The van der Waals surface area contributed by atoms with E-state index in [1.807, 2.05) is 30.8 Å². The van der Waals surface area contributed by atoms with Crippen LogP contribution in [-0.4, -0.2) is 109 Å². The van der Waals surface area contributed by atoms with Crippen LogP contribution in [0.25, 0.3) is 0 Å². The summed E-state index contributed by atoms with van der Waals surface area (Å²) in [6, 6.07) is 16.1. The Morgan fingerprint density at radius 1 is 0.400 bits per heavy atom. The second-order valence-corrected chi connectivity index (χ2v) is 15.8. The van der Waals surface area contributed by atoms with Crippen LogP contribution >= 0.6 is 37.6 Å². The minimum absolute atomic E-state index is 0. The minimum atomic E-state index is -1.33. The fourth-order valence-corrected chi connectivity index (χ4v) is 10.4. The van der Waals surface area contributed by atoms with Gasteiger partial charge in [-0.15, -0.1) is 0 Å². The van der Waals surface area contributed by atoms with Gasteiger partial charge in [-0.1, -0.05) is 86.1 Å². The predicted octanol–water partition coefficient (Wildman–Crippen LogP) is 1.79. The molecule has 0 bridgehead atoms. The van der Waals surface area contributed by atoms with E-state index in [9.17, 15) is 40.9 Å². The van der Waals surface area contributed by atoms with Crippen LogP contribution in [-0.2, 0) is 39.0 Å². The number of aliphatic hydroxyl groups excluding tert-OH is 4. The fourth-order valence-electron chi connectivity index (χ4n) is 7.95. The molecule has 4 aliphatic rings. The molecular weight excluding hydrogens is 898 g/mol. The molecule has 4 heterocycles. The zero-order chi connectivity index (χ0) is 34.9. The van der Waals surface area contributed by atoms with E-state index in [1.165, 1.54) is 0 Å². The summed E-state index contributed by atoms with van der Waals surface area (Å²) in [5, 5.41) is 75.8. The Morgan fingerprint density at radius 2 is 0.600 bits per heavy atom. The van der Waals surface area contributed by atoms with Crippen molar-refractivity contribution in [1.82, 2.24) is 18.7 Å². The second-order valence-electron chi connectivity index (χ2n) is 13.4. The summed E-state index contributed by atoms with van der Waals surface area (Å²) in [5.41, 5.74) is 4.60. The first-order valence-electron chi connectivity index (χ1n) is 16.6. The van der Waals surface area contributed by atoms with Gasteiger partial charge in [-0.3, -0.25) is 18.7 Å². The molecule has 12 nitrogen and oxygen atoms in total. The SMILES string of the molecule is OC(O)C1CCC(c2cccc(C3CCC(C(O)O)N3P)c2)N1P.OC(O)C1CCC(c2cccc(C3CCC(C(O)O)N3P)c2)N1P.[Rh].[Rh]. The number of benzene rings is 2. The first kappa shape index (κ1) is 45.3. The van der Waals surface area contributed by atoms with Crippen molar-refractivity contribution >= 4 is 37.6 Å². The van der Waals surface area contributed by atoms with Crippen LogP contribution in [0, 0.1) is 0 Å². The Balaban J connectivity index is 0.000000260. The Morgan fingerprint density at radius 3 is 0.760 bits per heavy atom. The molecule has 12 unspecified atom stereocenters. The molecule has 0 amide bonds. The van der Waals surface area contributed by atoms with Crippen molar-refractivity contribution in [3.63, 3.8) is 0 Å². The van der Waals surface area contributed by atoms with Crippen LogP contribution in [0.15, 0.2) is 48.5 Å². The normalized spacial score (nSPS) is 31.0. The standard InChI is InChI=1S/2C16H26N2O4P2.2Rh/c2*19-15(20)13-6-4-11(17(13)23)9-2-1-3-10(8-9)12-5-7-14(16(21)22)18(12)24;;/h2*1-3,8,11-16,19-22H,4-7,23-24H2;;. The Labute approximate surface area is 329 Å². The molecule has 0 aromatic heterocycles. The molecule has 4 saturated heterocycles. The van der Waals surface area contributed by atoms with E-state index >= 15 is 0 Å². The van der Waals surface area contributed by atoms with Gasteiger partial charge in [0.25, 0.3) is 0 Å². The zero-order valence-corrected chi connectivity index (χ0v) is 35.4. The van der Waals surface area contributed by atoms with E-state index < -0.39 is 25.2 Å². The fraction of sp³-hybridized carbons (Fsp3) is 0.625. The summed E-state index contributed by atoms with van der Waals surface area (Å²) >= 11 is 0. The quantitative estimate of drug-likeness (QED) is 0.110. The predicted molar refractivity (Wildman–Crippen MR) is 195 cm³/mol. The third-order valence-electron chi connectivity index (χ3n) is 10.7. The maximum Gasteiger partial charge on any atom is 0.167 e. The summed E-state index contributed by atoms with van der Waals surface area (Å²) in [7, 11) is 10.5. The van der Waals surface area contributed by atoms with Crippen LogP contribution < -0.4 is 0 Å². The molecule has 0 saturated carbocycles. The average Bonchev–Trinajstić information content (AvgIpc) is 3.82. The maximum absolute atomic E-state index is 9.47. The van der Waals surface area contributed by atoms with Gasteiger partial charge >= 0.3 is 0 Å². The van der Waals surface area contributed by atoms with E-state index in [0.29, 0.717) is 0 Å². The topological polar surface area (TPSA) is 175 Å². The number of rotatable bonds is 8. The maximum atomic E-state index is 9.47. The largest absolute Gasteiger partial charge is 0.367 e. The van der Waals surface area contributed by atoms with Crippen LogP contribution in [0.4, 0.5) is 0 Å². The van der Waals surface area contributed by atoms with E-state index in [-0.39, 0.29) is 87.3 Å². The molecule has 0 aliphatic carbocycles. The molecule has 0 spiro atoms. The molecule has 2 aromatic rings. The van der Waals surface area contributed by atoms with Crippen molar-refractivity contribution in [3.05, 3.63) is 70.8 Å². The molecule has 2 radical (unpaired) electrons. The van der Waals surface area contributed by atoms with Gasteiger partial charge < -0.3 is 40.9 Å². The van der Waals surface area contributed by atoms with Gasteiger partial charge in [-0.05, 0) is 73.6 Å². The Hall–Kier alpha value is 0.927. The monoisotopic (exact) mass is 950 g/mol. The van der Waals surface area contributed by atoms with Gasteiger partial charge in [-0.25, -0.2) is 0 Å². The van der Waals surface area contributed by atoms with Crippen molar-refractivity contribution < 1.29 is 79.8 Å². The number of aliphatic hydroxyl groups is 8. The van der Waals surface area contributed by atoms with E-state index in [0.717, 1.165) is 73.6 Å². The Kier molecular flexibility index (Phi) is 18.3. The average molecular weight is 950 g/mol. The van der Waals surface area contributed by atoms with E-state index in [1.54, 1.807) is 0 Å². The zero-order valence-electron chi connectivity index (χ0n) is 27.5. The molecular formula is C32H52N4O8P4Rh2. The third-order valence-corrected chi connectivity index (χ3v) is 13.6. The van der Waals surface area contributed by atoms with Crippen molar-refractivity contribution in [2.24, 2.45) is 0 Å². The van der Waals surface area contributed by atoms with E-state index in [2.05, 4.69) is 74.0 Å². The second kappa shape index (κ2) is 20.2. The summed E-state index contributed by atoms with van der Waals surface area (Å²) < 4.78 is 7.82. The number of hydrogen-bond acceptors (Lipinski definition) is 12. The van der Waals surface area contributed by atoms with Crippen LogP contribution in [0.2, 0.25) is 0 Å². The first-order valence-corrected chi connectivity index (χ1v) is 18.6. The third kappa shape index (κ3) is 10.2. The van der Waals surface area contributed by atoms with Gasteiger partial charge in [0.15, 0.2) is 25.2 Å². The molecule has 12 atom stereocenters. The van der Waals surface area contributed by atoms with Gasteiger partial charge in [0, 0.05) is 63.1 Å². The molecule has 286 valence electrons. The summed E-state index contributed by atoms with van der Waals surface area (Å²) in [5.74, 6) is 0. The van der Waals surface area contributed by atoms with Crippen LogP contribution in [0.5, 0.6) is 0 Å². The summed E-state index contributed by atoms with van der Waals surface area (Å²) in [4.78, 5) is 0. The molecule has 6 rings (SSSR count). The molecule has 4 fully saturated rings. The van der Waals surface area contributed by atoms with E-state index in [4.69, 9.17) is 0 Å². The van der Waals surface area contributed by atoms with Crippen LogP contribution in [0.3, 0.4) is 0 Å². The van der Waals surface area contributed by atoms with Crippen molar-refractivity contribution in [1.29, 1.82) is 0 Å². The molecule has 50 heavy (non-hydrogen) atoms. The van der Waals surface area contributed by atoms with Crippen molar-refractivity contribution in [2.45, 2.75) is 125 Å². The number of nitrogens with zero attached hydrogens (tertiary/aromatic N) is 4. The van der Waals surface area contributed by atoms with Crippen molar-refractivity contribution in [2.75, 3.05) is 0 Å².